The van der Waals surface area contributed by atoms with Crippen molar-refractivity contribution in [3.05, 3.63) is 22.1 Å². The van der Waals surface area contributed by atoms with Gasteiger partial charge >= 0.3 is 0 Å². The minimum absolute atomic E-state index is 0.108. The molecular weight excluding hydrogens is 284 g/mol. The van der Waals surface area contributed by atoms with Crippen LogP contribution in [-0.2, 0) is 0 Å². The maximum atomic E-state index is 11.5. The summed E-state index contributed by atoms with van der Waals surface area (Å²) in [7, 11) is 0. The molecule has 0 radical (unpaired) electrons. The summed E-state index contributed by atoms with van der Waals surface area (Å²) >= 11 is 1.60. The third-order valence-electron chi connectivity index (χ3n) is 4.10. The molecule has 2 unspecified atom stereocenters. The molecule has 2 saturated carbocycles. The van der Waals surface area contributed by atoms with Crippen LogP contribution >= 0.6 is 11.8 Å². The molecule has 5 nitrogen and oxygen atoms in total. The Hall–Kier alpha value is -1.32. The highest BCUT2D eigenvalue weighted by Crippen LogP contribution is 2.38. The molecule has 3 rings (SSSR count). The Balaban J connectivity index is 1.70. The molecule has 2 aliphatic carbocycles. The highest BCUT2D eigenvalue weighted by atomic mass is 32.2. The minimum Gasteiger partial charge on any atom is -0.301 e. The van der Waals surface area contributed by atoms with Gasteiger partial charge < -0.3 is 4.98 Å². The molecule has 6 heteroatoms. The average molecular weight is 304 g/mol. The van der Waals surface area contributed by atoms with E-state index in [1.807, 2.05) is 6.92 Å². The fourth-order valence-corrected chi connectivity index (χ4v) is 4.30. The Labute approximate surface area is 128 Å². The van der Waals surface area contributed by atoms with Crippen molar-refractivity contribution in [2.45, 2.75) is 67.4 Å². The number of hydrogen-bond acceptors (Lipinski definition) is 5. The summed E-state index contributed by atoms with van der Waals surface area (Å²) in [6.07, 6.45) is 6.23. The first-order chi connectivity index (χ1) is 10.1. The molecule has 0 aliphatic heterocycles. The number of nitriles is 1. The number of hydrogen-bond donors (Lipinski definition) is 2. The molecule has 0 aromatic carbocycles. The molecule has 0 saturated heterocycles. The Bertz CT molecular complexity index is 619. The zero-order chi connectivity index (χ0) is 14.9. The number of nitrogens with one attached hydrogen (secondary N) is 2. The highest BCUT2D eigenvalue weighted by molar-refractivity contribution is 7.99. The van der Waals surface area contributed by atoms with E-state index < -0.39 is 0 Å². The van der Waals surface area contributed by atoms with Crippen molar-refractivity contribution in [3.8, 4) is 6.07 Å². The molecule has 2 aliphatic rings. The number of thioether (sulfide) groups is 1. The summed E-state index contributed by atoms with van der Waals surface area (Å²) in [5.74, 6) is 0. The summed E-state index contributed by atoms with van der Waals surface area (Å²) in [4.78, 5) is 18.7. The lowest BCUT2D eigenvalue weighted by atomic mass is 9.82. The normalized spacial score (nSPS) is 29.0. The molecule has 1 aromatic rings. The number of rotatable bonds is 4. The number of aromatic amines is 1. The number of nitrogens with zero attached hydrogens (tertiary/aromatic N) is 2. The highest BCUT2D eigenvalue weighted by Gasteiger charge is 2.40. The first-order valence-electron chi connectivity index (χ1n) is 7.52. The van der Waals surface area contributed by atoms with Gasteiger partial charge in [0.05, 0.1) is 6.07 Å². The maximum Gasteiger partial charge on any atom is 0.251 e. The van der Waals surface area contributed by atoms with E-state index in [0.717, 1.165) is 31.4 Å². The molecule has 2 N–H and O–H groups in total. The van der Waals surface area contributed by atoms with E-state index in [0.29, 0.717) is 16.4 Å². The Kier molecular flexibility index (Phi) is 4.05. The monoisotopic (exact) mass is 304 g/mol. The second-order valence-electron chi connectivity index (χ2n) is 6.14. The van der Waals surface area contributed by atoms with Crippen LogP contribution in [0.1, 0.15) is 44.2 Å². The molecule has 0 bridgehead atoms. The van der Waals surface area contributed by atoms with Crippen LogP contribution in [0, 0.1) is 18.3 Å². The van der Waals surface area contributed by atoms with E-state index >= 15 is 0 Å². The number of aryl methyl sites for hydroxylation is 1. The lowest BCUT2D eigenvalue weighted by Gasteiger charge is -2.36. The van der Waals surface area contributed by atoms with Crippen LogP contribution in [0.4, 0.5) is 0 Å². The standard InChI is InChI=1S/C15H20N4OS/c1-10-7-13(20)18-14(17-10)21-12-3-2-6-15(8-12,9-16)19-11-4-5-11/h7,11-12,19H,2-6,8H2,1H3,(H,17,18,20). The SMILES string of the molecule is Cc1cc(=O)[nH]c(SC2CCCC(C#N)(NC3CC3)C2)n1. The molecule has 0 spiro atoms. The maximum absolute atomic E-state index is 11.5. The average Bonchev–Trinajstić information content (AvgIpc) is 3.21. The van der Waals surface area contributed by atoms with Crippen molar-refractivity contribution in [2.75, 3.05) is 0 Å². The van der Waals surface area contributed by atoms with Crippen molar-refractivity contribution in [1.29, 1.82) is 5.26 Å². The van der Waals surface area contributed by atoms with Gasteiger partial charge in [-0.3, -0.25) is 10.1 Å². The van der Waals surface area contributed by atoms with Crippen LogP contribution in [0.2, 0.25) is 0 Å². The second-order valence-corrected chi connectivity index (χ2v) is 7.43. The van der Waals surface area contributed by atoms with Gasteiger partial charge in [0.2, 0.25) is 0 Å². The van der Waals surface area contributed by atoms with Gasteiger partial charge in [0.25, 0.3) is 5.56 Å². The Morgan fingerprint density at radius 2 is 2.33 bits per heavy atom. The smallest absolute Gasteiger partial charge is 0.251 e. The van der Waals surface area contributed by atoms with E-state index in [-0.39, 0.29) is 11.1 Å². The molecule has 112 valence electrons. The van der Waals surface area contributed by atoms with Crippen LogP contribution in [0.3, 0.4) is 0 Å². The Morgan fingerprint density at radius 1 is 1.52 bits per heavy atom. The minimum atomic E-state index is -0.388. The van der Waals surface area contributed by atoms with Gasteiger partial charge in [-0.25, -0.2) is 4.98 Å². The number of aromatic nitrogens is 2. The van der Waals surface area contributed by atoms with Gasteiger partial charge in [-0.05, 0) is 45.4 Å². The van der Waals surface area contributed by atoms with Crippen molar-refractivity contribution >= 4 is 11.8 Å². The summed E-state index contributed by atoms with van der Waals surface area (Å²) in [6.45, 7) is 1.83. The van der Waals surface area contributed by atoms with Gasteiger partial charge in [-0.15, -0.1) is 0 Å². The molecule has 2 atom stereocenters. The van der Waals surface area contributed by atoms with Crippen molar-refractivity contribution in [2.24, 2.45) is 0 Å². The van der Waals surface area contributed by atoms with Crippen LogP contribution in [0.25, 0.3) is 0 Å². The van der Waals surface area contributed by atoms with Gasteiger partial charge in [0.1, 0.15) is 5.54 Å². The second kappa shape index (κ2) is 5.82. The van der Waals surface area contributed by atoms with Crippen molar-refractivity contribution in [3.63, 3.8) is 0 Å². The van der Waals surface area contributed by atoms with Crippen LogP contribution in [0.15, 0.2) is 16.0 Å². The first kappa shape index (κ1) is 14.6. The van der Waals surface area contributed by atoms with E-state index in [1.54, 1.807) is 11.8 Å². The Morgan fingerprint density at radius 3 is 3.00 bits per heavy atom. The van der Waals surface area contributed by atoms with Crippen molar-refractivity contribution < 1.29 is 0 Å². The van der Waals surface area contributed by atoms with E-state index in [9.17, 15) is 10.1 Å². The van der Waals surface area contributed by atoms with E-state index in [1.165, 1.54) is 18.9 Å². The summed E-state index contributed by atoms with van der Waals surface area (Å²) in [5, 5.41) is 14.1. The number of H-pyrrole nitrogens is 1. The molecule has 2 fully saturated rings. The molecular formula is C15H20N4OS. The zero-order valence-corrected chi connectivity index (χ0v) is 13.0. The quantitative estimate of drug-likeness (QED) is 0.833. The lowest BCUT2D eigenvalue weighted by molar-refractivity contribution is 0.301. The zero-order valence-electron chi connectivity index (χ0n) is 12.2. The third-order valence-corrected chi connectivity index (χ3v) is 5.26. The van der Waals surface area contributed by atoms with Gasteiger partial charge in [-0.2, -0.15) is 5.26 Å². The summed E-state index contributed by atoms with van der Waals surface area (Å²) in [6, 6.07) is 4.54. The summed E-state index contributed by atoms with van der Waals surface area (Å²) < 4.78 is 0. The topological polar surface area (TPSA) is 81.6 Å². The van der Waals surface area contributed by atoms with E-state index in [4.69, 9.17) is 0 Å². The molecule has 1 aromatic heterocycles. The lowest BCUT2D eigenvalue weighted by Crippen LogP contribution is -2.49. The summed E-state index contributed by atoms with van der Waals surface area (Å²) in [5.41, 5.74) is 0.240. The van der Waals surface area contributed by atoms with Crippen LogP contribution in [-0.4, -0.2) is 26.8 Å². The van der Waals surface area contributed by atoms with Gasteiger partial charge in [0, 0.05) is 23.1 Å². The fourth-order valence-electron chi connectivity index (χ4n) is 2.97. The molecule has 0 amide bonds. The molecule has 1 heterocycles. The molecule has 21 heavy (non-hydrogen) atoms. The van der Waals surface area contributed by atoms with Gasteiger partial charge in [-0.1, -0.05) is 11.8 Å². The van der Waals surface area contributed by atoms with Crippen molar-refractivity contribution in [1.82, 2.24) is 15.3 Å². The largest absolute Gasteiger partial charge is 0.301 e. The predicted molar refractivity (Wildman–Crippen MR) is 82.2 cm³/mol. The van der Waals surface area contributed by atoms with Gasteiger partial charge in [0.15, 0.2) is 5.16 Å². The van der Waals surface area contributed by atoms with Crippen LogP contribution < -0.4 is 10.9 Å². The third kappa shape index (κ3) is 3.66. The fraction of sp³-hybridized carbons (Fsp3) is 0.667. The van der Waals surface area contributed by atoms with Crippen LogP contribution in [0.5, 0.6) is 0 Å². The van der Waals surface area contributed by atoms with E-state index in [2.05, 4.69) is 21.4 Å². The first-order valence-corrected chi connectivity index (χ1v) is 8.40. The predicted octanol–water partition coefficient (Wildman–Crippen LogP) is 2.13.